The van der Waals surface area contributed by atoms with E-state index in [1.807, 2.05) is 13.8 Å². The van der Waals surface area contributed by atoms with Crippen LogP contribution in [0.4, 0.5) is 0 Å². The van der Waals surface area contributed by atoms with Crippen molar-refractivity contribution in [2.45, 2.75) is 18.7 Å². The Morgan fingerprint density at radius 3 is 3.00 bits per heavy atom. The fourth-order valence-corrected chi connectivity index (χ4v) is 1.99. The van der Waals surface area contributed by atoms with Gasteiger partial charge in [0.2, 0.25) is 0 Å². The third-order valence-corrected chi connectivity index (χ3v) is 2.92. The molecule has 0 spiro atoms. The molecule has 1 saturated heterocycles. The van der Waals surface area contributed by atoms with Crippen LogP contribution in [0.15, 0.2) is 0 Å². The van der Waals surface area contributed by atoms with Gasteiger partial charge < -0.3 is 4.74 Å². The molecular formula is C7H13NO2S. The Morgan fingerprint density at radius 1 is 1.82 bits per heavy atom. The number of hydrogen-bond acceptors (Lipinski definition) is 4. The SMILES string of the molecule is CCOC(=O)[C@@]1(C)NCCS1. The third kappa shape index (κ3) is 1.87. The molecule has 1 atom stereocenters. The standard InChI is InChI=1S/C7H13NO2S/c1-3-10-6(9)7(2)8-4-5-11-7/h8H,3-5H2,1-2H3/t7-/m0/s1. The summed E-state index contributed by atoms with van der Waals surface area (Å²) in [6.45, 7) is 5.03. The molecule has 11 heavy (non-hydrogen) atoms. The zero-order valence-electron chi connectivity index (χ0n) is 6.85. The smallest absolute Gasteiger partial charge is 0.336 e. The maximum atomic E-state index is 11.3. The molecule has 1 heterocycles. The lowest BCUT2D eigenvalue weighted by Gasteiger charge is -2.20. The molecule has 0 bridgehead atoms. The average molecular weight is 175 g/mol. The molecule has 0 aromatic heterocycles. The Morgan fingerprint density at radius 2 is 2.55 bits per heavy atom. The summed E-state index contributed by atoms with van der Waals surface area (Å²) in [5, 5.41) is 3.11. The lowest BCUT2D eigenvalue weighted by Crippen LogP contribution is -2.43. The zero-order valence-corrected chi connectivity index (χ0v) is 7.66. The van der Waals surface area contributed by atoms with Gasteiger partial charge in [-0.05, 0) is 13.8 Å². The largest absolute Gasteiger partial charge is 0.464 e. The zero-order chi connectivity index (χ0) is 8.32. The number of nitrogens with one attached hydrogen (secondary N) is 1. The van der Waals surface area contributed by atoms with Crippen molar-refractivity contribution >= 4 is 17.7 Å². The van der Waals surface area contributed by atoms with Crippen molar-refractivity contribution in [1.82, 2.24) is 5.32 Å². The second-order valence-electron chi connectivity index (χ2n) is 2.53. The summed E-state index contributed by atoms with van der Waals surface area (Å²) in [4.78, 5) is 10.8. The van der Waals surface area contributed by atoms with Crippen molar-refractivity contribution < 1.29 is 9.53 Å². The van der Waals surface area contributed by atoms with E-state index < -0.39 is 4.87 Å². The topological polar surface area (TPSA) is 38.3 Å². The molecule has 1 fully saturated rings. The van der Waals surface area contributed by atoms with E-state index in [0.717, 1.165) is 12.3 Å². The van der Waals surface area contributed by atoms with E-state index >= 15 is 0 Å². The molecule has 1 N–H and O–H groups in total. The highest BCUT2D eigenvalue weighted by molar-refractivity contribution is 8.01. The first-order chi connectivity index (χ1) is 5.19. The van der Waals surface area contributed by atoms with Gasteiger partial charge in [0, 0.05) is 12.3 Å². The molecule has 4 heteroatoms. The molecule has 1 rings (SSSR count). The predicted octanol–water partition coefficient (Wildman–Crippen LogP) is 0.602. The van der Waals surface area contributed by atoms with Crippen LogP contribution in [0.3, 0.4) is 0 Å². The van der Waals surface area contributed by atoms with Crippen molar-refractivity contribution in [1.29, 1.82) is 0 Å². The quantitative estimate of drug-likeness (QED) is 0.624. The van der Waals surface area contributed by atoms with Gasteiger partial charge in [-0.3, -0.25) is 5.32 Å². The Hall–Kier alpha value is -0.220. The molecule has 0 aromatic rings. The fraction of sp³-hybridized carbons (Fsp3) is 0.857. The van der Waals surface area contributed by atoms with E-state index in [0.29, 0.717) is 6.61 Å². The molecule has 1 aliphatic heterocycles. The van der Waals surface area contributed by atoms with Crippen molar-refractivity contribution in [2.75, 3.05) is 18.9 Å². The summed E-state index contributed by atoms with van der Waals surface area (Å²) in [7, 11) is 0. The van der Waals surface area contributed by atoms with Gasteiger partial charge in [-0.1, -0.05) is 0 Å². The van der Waals surface area contributed by atoms with Crippen LogP contribution in [-0.4, -0.2) is 29.7 Å². The number of thioether (sulfide) groups is 1. The molecule has 0 amide bonds. The molecule has 0 aromatic carbocycles. The number of hydrogen-bond donors (Lipinski definition) is 1. The predicted molar refractivity (Wildman–Crippen MR) is 45.5 cm³/mol. The summed E-state index contributed by atoms with van der Waals surface area (Å²) in [5.74, 6) is 0.831. The summed E-state index contributed by atoms with van der Waals surface area (Å²) < 4.78 is 4.91. The van der Waals surface area contributed by atoms with Crippen LogP contribution in [0.5, 0.6) is 0 Å². The number of esters is 1. The number of carbonyl (C=O) groups is 1. The molecular weight excluding hydrogens is 162 g/mol. The fourth-order valence-electron chi connectivity index (χ4n) is 0.996. The Balaban J connectivity index is 2.49. The minimum atomic E-state index is -0.490. The second-order valence-corrected chi connectivity index (χ2v) is 4.04. The molecule has 0 aliphatic carbocycles. The van der Waals surface area contributed by atoms with Gasteiger partial charge in [0.1, 0.15) is 0 Å². The average Bonchev–Trinajstić information content (AvgIpc) is 2.38. The highest BCUT2D eigenvalue weighted by Gasteiger charge is 2.38. The van der Waals surface area contributed by atoms with Crippen LogP contribution in [0.25, 0.3) is 0 Å². The van der Waals surface area contributed by atoms with Crippen LogP contribution in [0, 0.1) is 0 Å². The molecule has 1 aliphatic rings. The number of rotatable bonds is 2. The minimum Gasteiger partial charge on any atom is -0.464 e. The van der Waals surface area contributed by atoms with Crippen molar-refractivity contribution in [3.8, 4) is 0 Å². The first kappa shape index (κ1) is 8.87. The lowest BCUT2D eigenvalue weighted by molar-refractivity contribution is -0.146. The van der Waals surface area contributed by atoms with E-state index in [4.69, 9.17) is 4.74 Å². The van der Waals surface area contributed by atoms with Crippen molar-refractivity contribution in [3.05, 3.63) is 0 Å². The van der Waals surface area contributed by atoms with E-state index in [-0.39, 0.29) is 5.97 Å². The second kappa shape index (κ2) is 3.45. The first-order valence-electron chi connectivity index (χ1n) is 3.75. The number of carbonyl (C=O) groups excluding carboxylic acids is 1. The highest BCUT2D eigenvalue weighted by atomic mass is 32.2. The van der Waals surface area contributed by atoms with Crippen LogP contribution >= 0.6 is 11.8 Å². The molecule has 64 valence electrons. The van der Waals surface area contributed by atoms with Gasteiger partial charge in [0.05, 0.1) is 6.61 Å². The Bertz CT molecular complexity index is 155. The van der Waals surface area contributed by atoms with Crippen molar-refractivity contribution in [3.63, 3.8) is 0 Å². The van der Waals surface area contributed by atoms with E-state index in [2.05, 4.69) is 5.32 Å². The lowest BCUT2D eigenvalue weighted by atomic mass is 10.3. The summed E-state index contributed by atoms with van der Waals surface area (Å²) >= 11 is 1.61. The Kier molecular flexibility index (Phi) is 2.78. The summed E-state index contributed by atoms with van der Waals surface area (Å²) in [5.41, 5.74) is 0. The highest BCUT2D eigenvalue weighted by Crippen LogP contribution is 2.27. The molecule has 0 radical (unpaired) electrons. The van der Waals surface area contributed by atoms with Gasteiger partial charge in [-0.25, -0.2) is 4.79 Å². The van der Waals surface area contributed by atoms with Gasteiger partial charge >= 0.3 is 5.97 Å². The minimum absolute atomic E-state index is 0.150. The summed E-state index contributed by atoms with van der Waals surface area (Å²) in [6.07, 6.45) is 0. The van der Waals surface area contributed by atoms with Crippen LogP contribution in [0.2, 0.25) is 0 Å². The van der Waals surface area contributed by atoms with Crippen molar-refractivity contribution in [2.24, 2.45) is 0 Å². The van der Waals surface area contributed by atoms with E-state index in [1.165, 1.54) is 0 Å². The third-order valence-electron chi connectivity index (χ3n) is 1.62. The monoisotopic (exact) mass is 175 g/mol. The van der Waals surface area contributed by atoms with Crippen LogP contribution in [-0.2, 0) is 9.53 Å². The maximum Gasteiger partial charge on any atom is 0.336 e. The molecule has 0 saturated carbocycles. The molecule has 3 nitrogen and oxygen atoms in total. The van der Waals surface area contributed by atoms with Gasteiger partial charge in [0.25, 0.3) is 0 Å². The first-order valence-corrected chi connectivity index (χ1v) is 4.74. The maximum absolute atomic E-state index is 11.3. The van der Waals surface area contributed by atoms with Crippen LogP contribution in [0.1, 0.15) is 13.8 Å². The van der Waals surface area contributed by atoms with Gasteiger partial charge in [-0.15, -0.1) is 11.8 Å². The normalized spacial score (nSPS) is 30.4. The number of ether oxygens (including phenoxy) is 1. The summed E-state index contributed by atoms with van der Waals surface area (Å²) in [6, 6.07) is 0. The van der Waals surface area contributed by atoms with Gasteiger partial charge in [0.15, 0.2) is 4.87 Å². The van der Waals surface area contributed by atoms with E-state index in [9.17, 15) is 4.79 Å². The van der Waals surface area contributed by atoms with E-state index in [1.54, 1.807) is 11.8 Å². The van der Waals surface area contributed by atoms with Crippen LogP contribution < -0.4 is 5.32 Å². The molecule has 0 unspecified atom stereocenters. The van der Waals surface area contributed by atoms with Gasteiger partial charge in [-0.2, -0.15) is 0 Å². The Labute approximate surface area is 70.9 Å².